The van der Waals surface area contributed by atoms with Gasteiger partial charge in [0.25, 0.3) is 5.91 Å². The van der Waals surface area contributed by atoms with Crippen LogP contribution in [0.25, 0.3) is 0 Å². The number of para-hydroxylation sites is 1. The Morgan fingerprint density at radius 1 is 0.959 bits per heavy atom. The molecule has 0 saturated carbocycles. The van der Waals surface area contributed by atoms with Crippen molar-refractivity contribution >= 4 is 56.9 Å². The molecule has 5 bridgehead atoms. The summed E-state index contributed by atoms with van der Waals surface area (Å²) in [6.45, 7) is 2.22. The lowest BCUT2D eigenvalue weighted by molar-refractivity contribution is -0.164. The van der Waals surface area contributed by atoms with Gasteiger partial charge in [0, 0.05) is 37.6 Å². The SMILES string of the molecule is C[C@@H]1[C@@H](c2ccccc2)OC(=O)[C@@H]2[C@H]3O[C@@]4(C=C3Br)[C@H](C(=O)N(c3ccccc3Cl)C/C=C\CCC(=O)N1C)N(CCCCCO)C(=O)[C@@H]24. The number of likely N-dealkylation sites (tertiary alicyclic amines) is 1. The molecule has 0 radical (unpaired) electrons. The van der Waals surface area contributed by atoms with Crippen molar-refractivity contribution in [2.24, 2.45) is 11.8 Å². The Kier molecular flexibility index (Phi) is 10.6. The molecule has 3 amide bonds. The first-order chi connectivity index (χ1) is 23.6. The molecule has 0 aliphatic carbocycles. The average molecular weight is 755 g/mol. The van der Waals surface area contributed by atoms with Gasteiger partial charge < -0.3 is 29.3 Å². The molecule has 7 atom stereocenters. The number of unbranched alkanes of at least 4 members (excludes halogenated alkanes) is 2. The second kappa shape index (κ2) is 14.8. The molecular formula is C37H41BrClN3O7. The predicted molar refractivity (Wildman–Crippen MR) is 188 cm³/mol. The molecule has 2 saturated heterocycles. The summed E-state index contributed by atoms with van der Waals surface area (Å²) in [7, 11) is 1.70. The Hall–Kier alpha value is -3.51. The van der Waals surface area contributed by atoms with Gasteiger partial charge in [-0.2, -0.15) is 0 Å². The summed E-state index contributed by atoms with van der Waals surface area (Å²) in [5.74, 6) is -3.61. The summed E-state index contributed by atoms with van der Waals surface area (Å²) in [6, 6.07) is 14.6. The molecule has 6 rings (SSSR count). The number of hydrogen-bond acceptors (Lipinski definition) is 7. The maximum Gasteiger partial charge on any atom is 0.313 e. The average Bonchev–Trinajstić information content (AvgIpc) is 3.69. The Morgan fingerprint density at radius 2 is 1.69 bits per heavy atom. The standard InChI is InChI=1S/C37H41BrClN3O7/c1-23-31(24-14-6-3-7-15-24)48-36(47)29-30-34(45)42(20-12-5-13-21-43)33(37(30)22-25(38)32(29)49-37)35(46)41(27-17-10-9-16-26(27)39)19-11-4-8-18-28(44)40(23)2/h3-4,6-7,9-11,14-17,22-23,29-33,43H,5,8,12-13,18-21H2,1-2H3/b11-4-/t23-,29+,30-,31+,32+,33+,37-/m1/s1. The minimum absolute atomic E-state index is 0.0195. The smallest absolute Gasteiger partial charge is 0.313 e. The van der Waals surface area contributed by atoms with Crippen LogP contribution < -0.4 is 4.90 Å². The maximum absolute atomic E-state index is 15.0. The first-order valence-electron chi connectivity index (χ1n) is 16.8. The number of aliphatic hydroxyl groups excluding tert-OH is 1. The van der Waals surface area contributed by atoms with Gasteiger partial charge in [0.05, 0.1) is 22.7 Å². The van der Waals surface area contributed by atoms with Gasteiger partial charge >= 0.3 is 5.97 Å². The molecule has 2 aromatic carbocycles. The van der Waals surface area contributed by atoms with Crippen molar-refractivity contribution in [1.82, 2.24) is 9.80 Å². The van der Waals surface area contributed by atoms with Gasteiger partial charge in [-0.1, -0.05) is 82.1 Å². The zero-order valence-corrected chi connectivity index (χ0v) is 29.9. The van der Waals surface area contributed by atoms with Crippen LogP contribution in [0.3, 0.4) is 0 Å². The minimum atomic E-state index is -1.45. The van der Waals surface area contributed by atoms with E-state index in [-0.39, 0.29) is 37.9 Å². The number of allylic oxidation sites excluding steroid dienone is 1. The van der Waals surface area contributed by atoms with Crippen molar-refractivity contribution in [3.63, 3.8) is 0 Å². The monoisotopic (exact) mass is 753 g/mol. The molecule has 2 fully saturated rings. The number of ether oxygens (including phenoxy) is 2. The quantitative estimate of drug-likeness (QED) is 0.235. The lowest BCUT2D eigenvalue weighted by Crippen LogP contribution is -2.56. The molecule has 10 nitrogen and oxygen atoms in total. The molecule has 1 spiro atoms. The zero-order valence-electron chi connectivity index (χ0n) is 27.5. The fraction of sp³-hybridized carbons (Fsp3) is 0.459. The number of esters is 1. The number of cyclic esters (lactones) is 1. The minimum Gasteiger partial charge on any atom is -0.455 e. The molecule has 4 aliphatic heterocycles. The van der Waals surface area contributed by atoms with Crippen molar-refractivity contribution in [3.8, 4) is 0 Å². The third kappa shape index (κ3) is 6.46. The van der Waals surface area contributed by atoms with Crippen LogP contribution in [-0.4, -0.2) is 89.1 Å². The van der Waals surface area contributed by atoms with E-state index in [1.807, 2.05) is 49.4 Å². The van der Waals surface area contributed by atoms with Gasteiger partial charge in [-0.05, 0) is 56.4 Å². The number of hydrogen-bond donors (Lipinski definition) is 1. The fourth-order valence-electron chi connectivity index (χ4n) is 7.60. The Labute approximate surface area is 299 Å². The highest BCUT2D eigenvalue weighted by Crippen LogP contribution is 2.59. The van der Waals surface area contributed by atoms with Gasteiger partial charge in [0.2, 0.25) is 11.8 Å². The number of carbonyl (C=O) groups is 4. The van der Waals surface area contributed by atoms with Crippen LogP contribution in [0.4, 0.5) is 5.69 Å². The van der Waals surface area contributed by atoms with Crippen molar-refractivity contribution in [1.29, 1.82) is 0 Å². The van der Waals surface area contributed by atoms with E-state index in [1.54, 1.807) is 47.2 Å². The van der Waals surface area contributed by atoms with Gasteiger partial charge in [-0.15, -0.1) is 0 Å². The summed E-state index contributed by atoms with van der Waals surface area (Å²) in [5, 5.41) is 9.76. The molecule has 0 aromatic heterocycles. The zero-order chi connectivity index (χ0) is 34.9. The van der Waals surface area contributed by atoms with E-state index in [2.05, 4.69) is 15.9 Å². The topological polar surface area (TPSA) is 117 Å². The number of anilines is 1. The van der Waals surface area contributed by atoms with Crippen LogP contribution in [0.2, 0.25) is 5.02 Å². The number of carbonyl (C=O) groups excluding carboxylic acids is 4. The molecule has 1 N–H and O–H groups in total. The van der Waals surface area contributed by atoms with Crippen LogP contribution in [-0.2, 0) is 28.7 Å². The number of amides is 3. The van der Waals surface area contributed by atoms with Crippen molar-refractivity contribution in [3.05, 3.63) is 87.9 Å². The lowest BCUT2D eigenvalue weighted by Gasteiger charge is -2.36. The van der Waals surface area contributed by atoms with E-state index in [1.165, 1.54) is 4.90 Å². The second-order valence-corrected chi connectivity index (χ2v) is 14.4. The third-order valence-electron chi connectivity index (χ3n) is 10.2. The normalized spacial score (nSPS) is 31.2. The summed E-state index contributed by atoms with van der Waals surface area (Å²) in [4.78, 5) is 62.1. The van der Waals surface area contributed by atoms with Crippen LogP contribution in [0.1, 0.15) is 50.7 Å². The van der Waals surface area contributed by atoms with Crippen LogP contribution in [0.15, 0.2) is 77.3 Å². The molecular weight excluding hydrogens is 714 g/mol. The van der Waals surface area contributed by atoms with Gasteiger partial charge in [-0.3, -0.25) is 19.2 Å². The second-order valence-electron chi connectivity index (χ2n) is 13.1. The number of fused-ring (bicyclic) bond motifs is 2. The van der Waals surface area contributed by atoms with Crippen LogP contribution >= 0.6 is 27.5 Å². The number of aliphatic hydroxyl groups is 1. The highest BCUT2D eigenvalue weighted by atomic mass is 79.9. The van der Waals surface area contributed by atoms with E-state index in [0.29, 0.717) is 46.4 Å². The molecule has 49 heavy (non-hydrogen) atoms. The van der Waals surface area contributed by atoms with Gasteiger partial charge in [0.15, 0.2) is 0 Å². The summed E-state index contributed by atoms with van der Waals surface area (Å²) in [5.41, 5.74) is -0.275. The third-order valence-corrected chi connectivity index (χ3v) is 11.2. The number of nitrogens with zero attached hydrogens (tertiary/aromatic N) is 3. The van der Waals surface area contributed by atoms with E-state index < -0.39 is 53.6 Å². The van der Waals surface area contributed by atoms with Gasteiger partial charge in [0.1, 0.15) is 29.8 Å². The first-order valence-corrected chi connectivity index (χ1v) is 18.0. The van der Waals surface area contributed by atoms with Crippen LogP contribution in [0.5, 0.6) is 0 Å². The van der Waals surface area contributed by atoms with Gasteiger partial charge in [-0.25, -0.2) is 0 Å². The van der Waals surface area contributed by atoms with E-state index in [9.17, 15) is 24.3 Å². The highest BCUT2D eigenvalue weighted by molar-refractivity contribution is 9.11. The highest BCUT2D eigenvalue weighted by Gasteiger charge is 2.75. The van der Waals surface area contributed by atoms with Crippen molar-refractivity contribution in [2.75, 3.05) is 31.6 Å². The Bertz CT molecular complexity index is 1650. The Morgan fingerprint density at radius 3 is 2.43 bits per heavy atom. The fourth-order valence-corrected chi connectivity index (χ4v) is 8.58. The largest absolute Gasteiger partial charge is 0.455 e. The van der Waals surface area contributed by atoms with Crippen molar-refractivity contribution < 1.29 is 33.8 Å². The number of halogens is 2. The Balaban J connectivity index is 1.47. The number of benzene rings is 2. The summed E-state index contributed by atoms with van der Waals surface area (Å²) in [6.07, 6.45) is 6.18. The maximum atomic E-state index is 15.0. The summed E-state index contributed by atoms with van der Waals surface area (Å²) < 4.78 is 13.5. The number of rotatable bonds is 7. The molecule has 12 heteroatoms. The lowest BCUT2D eigenvalue weighted by atomic mass is 9.74. The van der Waals surface area contributed by atoms with E-state index >= 15 is 0 Å². The first kappa shape index (κ1) is 35.3. The number of likely N-dealkylation sites (N-methyl/N-ethyl adjacent to an activating group) is 1. The van der Waals surface area contributed by atoms with Crippen molar-refractivity contribution in [2.45, 2.75) is 68.9 Å². The van der Waals surface area contributed by atoms with Crippen LogP contribution in [0, 0.1) is 11.8 Å². The molecule has 2 aromatic rings. The summed E-state index contributed by atoms with van der Waals surface area (Å²) >= 11 is 10.3. The van der Waals surface area contributed by atoms with E-state index in [0.717, 1.165) is 0 Å². The predicted octanol–water partition coefficient (Wildman–Crippen LogP) is 5.19. The molecule has 0 unspecified atom stereocenters. The molecule has 4 heterocycles. The van der Waals surface area contributed by atoms with E-state index in [4.69, 9.17) is 21.1 Å². The molecule has 260 valence electrons. The molecule has 4 aliphatic rings.